The van der Waals surface area contributed by atoms with E-state index in [-0.39, 0.29) is 5.56 Å². The van der Waals surface area contributed by atoms with Crippen molar-refractivity contribution in [3.63, 3.8) is 0 Å². The fourth-order valence-electron chi connectivity index (χ4n) is 2.94. The Morgan fingerprint density at radius 3 is 2.81 bits per heavy atom. The van der Waals surface area contributed by atoms with Crippen LogP contribution in [0.1, 0.15) is 0 Å². The van der Waals surface area contributed by atoms with Crippen molar-refractivity contribution >= 4 is 33.8 Å². The fraction of sp³-hybridized carbons (Fsp3) is 0.0588. The van der Waals surface area contributed by atoms with Crippen molar-refractivity contribution in [3.8, 4) is 22.6 Å². The average Bonchev–Trinajstić information content (AvgIpc) is 3.29. The molecule has 0 fully saturated rings. The van der Waals surface area contributed by atoms with Gasteiger partial charge in [0.2, 0.25) is 5.56 Å². The lowest BCUT2D eigenvalue weighted by atomic mass is 10.1. The minimum atomic E-state index is -0.246. The molecule has 0 bridgehead atoms. The van der Waals surface area contributed by atoms with Crippen LogP contribution < -0.4 is 5.56 Å². The molecule has 4 aromatic heterocycles. The first-order valence-corrected chi connectivity index (χ1v) is 8.38. The van der Waals surface area contributed by atoms with Crippen molar-refractivity contribution in [2.45, 2.75) is 0 Å². The molecule has 2 N–H and O–H groups in total. The molecule has 0 radical (unpaired) electrons. The third-order valence-corrected chi connectivity index (χ3v) is 4.46. The predicted octanol–water partition coefficient (Wildman–Crippen LogP) is 2.31. The molecule has 4 heterocycles. The summed E-state index contributed by atoms with van der Waals surface area (Å²) >= 11 is 6.36. The highest BCUT2D eigenvalue weighted by Crippen LogP contribution is 2.33. The van der Waals surface area contributed by atoms with Crippen molar-refractivity contribution in [1.29, 1.82) is 0 Å². The van der Waals surface area contributed by atoms with Gasteiger partial charge in [-0.25, -0.2) is 9.97 Å². The number of halogens is 1. The van der Waals surface area contributed by atoms with E-state index in [0.29, 0.717) is 44.3 Å². The molecule has 1 aromatic carbocycles. The zero-order valence-electron chi connectivity index (χ0n) is 13.9. The monoisotopic (exact) mass is 378 g/mol. The van der Waals surface area contributed by atoms with Crippen LogP contribution in [0.5, 0.6) is 0 Å². The van der Waals surface area contributed by atoms with Gasteiger partial charge in [0, 0.05) is 24.9 Å². The van der Waals surface area contributed by atoms with E-state index < -0.39 is 0 Å². The van der Waals surface area contributed by atoms with Crippen LogP contribution in [0.25, 0.3) is 44.8 Å². The van der Waals surface area contributed by atoms with Gasteiger partial charge in [0.1, 0.15) is 22.4 Å². The molecular weight excluding hydrogens is 368 g/mol. The molecule has 0 spiro atoms. The first kappa shape index (κ1) is 15.6. The van der Waals surface area contributed by atoms with Crippen LogP contribution >= 0.6 is 11.6 Å². The normalized spacial score (nSPS) is 11.5. The summed E-state index contributed by atoms with van der Waals surface area (Å²) in [6, 6.07) is 8.49. The van der Waals surface area contributed by atoms with E-state index in [0.717, 1.165) is 5.56 Å². The molecule has 10 heteroatoms. The van der Waals surface area contributed by atoms with E-state index in [4.69, 9.17) is 16.6 Å². The van der Waals surface area contributed by atoms with Crippen molar-refractivity contribution in [2.75, 3.05) is 0 Å². The highest BCUT2D eigenvalue weighted by molar-refractivity contribution is 6.35. The molecule has 5 rings (SSSR count). The zero-order chi connectivity index (χ0) is 18.5. The second-order valence-corrected chi connectivity index (χ2v) is 6.43. The Hall–Kier alpha value is -3.59. The maximum atomic E-state index is 11.7. The van der Waals surface area contributed by atoms with E-state index in [9.17, 15) is 4.79 Å². The maximum Gasteiger partial charge on any atom is 0.249 e. The minimum absolute atomic E-state index is 0.246. The van der Waals surface area contributed by atoms with Crippen molar-refractivity contribution in [2.24, 2.45) is 7.05 Å². The van der Waals surface area contributed by atoms with E-state index in [1.807, 2.05) is 25.4 Å². The minimum Gasteiger partial charge on any atom is -0.305 e. The molecule has 0 aliphatic rings. The van der Waals surface area contributed by atoms with Crippen LogP contribution in [0.15, 0.2) is 41.3 Å². The molecule has 0 unspecified atom stereocenters. The summed E-state index contributed by atoms with van der Waals surface area (Å²) in [4.78, 5) is 23.7. The predicted molar refractivity (Wildman–Crippen MR) is 100 cm³/mol. The zero-order valence-corrected chi connectivity index (χ0v) is 14.7. The number of aryl methyl sites for hydroxylation is 1. The van der Waals surface area contributed by atoms with Crippen LogP contribution in [-0.2, 0) is 7.05 Å². The van der Waals surface area contributed by atoms with Gasteiger partial charge in [0.15, 0.2) is 5.65 Å². The molecule has 0 saturated carbocycles. The highest BCUT2D eigenvalue weighted by Gasteiger charge is 2.18. The lowest BCUT2D eigenvalue weighted by Gasteiger charge is -2.09. The number of aromatic nitrogens is 8. The van der Waals surface area contributed by atoms with E-state index in [1.165, 1.54) is 6.07 Å². The lowest BCUT2D eigenvalue weighted by Crippen LogP contribution is -2.06. The summed E-state index contributed by atoms with van der Waals surface area (Å²) in [6.45, 7) is 0. The second-order valence-electron chi connectivity index (χ2n) is 6.02. The van der Waals surface area contributed by atoms with Crippen LogP contribution in [0.3, 0.4) is 0 Å². The summed E-state index contributed by atoms with van der Waals surface area (Å²) in [5.41, 5.74) is 4.46. The van der Waals surface area contributed by atoms with Gasteiger partial charge in [-0.2, -0.15) is 5.10 Å². The Labute approximate surface area is 156 Å². The highest BCUT2D eigenvalue weighted by atomic mass is 35.5. The molecule has 0 aliphatic heterocycles. The Morgan fingerprint density at radius 2 is 2.00 bits per heavy atom. The number of fused-ring (bicyclic) bond motifs is 2. The lowest BCUT2D eigenvalue weighted by molar-refractivity contribution is 0.770. The van der Waals surface area contributed by atoms with Gasteiger partial charge >= 0.3 is 0 Å². The molecular formula is C17H11ClN8O. The average molecular weight is 379 g/mol. The summed E-state index contributed by atoms with van der Waals surface area (Å²) < 4.78 is 1.67. The van der Waals surface area contributed by atoms with Crippen LogP contribution in [0.4, 0.5) is 0 Å². The largest absolute Gasteiger partial charge is 0.305 e. The quantitative estimate of drug-likeness (QED) is 0.486. The van der Waals surface area contributed by atoms with Crippen LogP contribution in [0, 0.1) is 0 Å². The number of aromatic amines is 2. The Morgan fingerprint density at radius 1 is 1.11 bits per heavy atom. The van der Waals surface area contributed by atoms with Gasteiger partial charge in [-0.05, 0) is 24.3 Å². The van der Waals surface area contributed by atoms with Gasteiger partial charge in [-0.15, -0.1) is 5.10 Å². The number of hydrogen-bond acceptors (Lipinski definition) is 6. The number of nitrogens with zero attached hydrogens (tertiary/aromatic N) is 6. The standard InChI is InChI=1S/C17H11ClN8O/c1-26-5-4-10(24-26)16-14(19-11-2-3-13(27)20-17(11)21-16)8-6-9(18)15-12(7-8)22-25-23-15/h2-7H,1H3,(H,20,21,27)(H,22,23,25). The van der Waals surface area contributed by atoms with Crippen molar-refractivity contribution in [1.82, 2.24) is 40.1 Å². The first-order valence-electron chi connectivity index (χ1n) is 8.00. The van der Waals surface area contributed by atoms with Crippen molar-refractivity contribution < 1.29 is 0 Å². The number of H-pyrrole nitrogens is 2. The SMILES string of the molecule is Cn1ccc(-c2nc3[nH]c(=O)ccc3nc2-c2cc(Cl)c3nn[nH]c3c2)n1. The van der Waals surface area contributed by atoms with Gasteiger partial charge in [-0.1, -0.05) is 16.8 Å². The summed E-state index contributed by atoms with van der Waals surface area (Å²) in [5, 5.41) is 15.5. The fourth-order valence-corrected chi connectivity index (χ4v) is 3.20. The molecule has 0 atom stereocenters. The van der Waals surface area contributed by atoms with E-state index >= 15 is 0 Å². The third-order valence-electron chi connectivity index (χ3n) is 4.17. The third kappa shape index (κ3) is 2.56. The molecule has 27 heavy (non-hydrogen) atoms. The van der Waals surface area contributed by atoms with Crippen molar-refractivity contribution in [3.05, 3.63) is 51.9 Å². The molecule has 0 aliphatic carbocycles. The van der Waals surface area contributed by atoms with Gasteiger partial charge in [0.25, 0.3) is 0 Å². The van der Waals surface area contributed by atoms with Gasteiger partial charge in [0.05, 0.1) is 16.2 Å². The number of pyridine rings is 1. The van der Waals surface area contributed by atoms with E-state index in [2.05, 4.69) is 30.5 Å². The number of nitrogens with one attached hydrogen (secondary N) is 2. The molecule has 5 aromatic rings. The molecule has 132 valence electrons. The van der Waals surface area contributed by atoms with Crippen LogP contribution in [0.2, 0.25) is 5.02 Å². The maximum absolute atomic E-state index is 11.7. The Balaban J connectivity index is 1.85. The van der Waals surface area contributed by atoms with Crippen LogP contribution in [-0.4, -0.2) is 40.1 Å². The topological polar surface area (TPSA) is 118 Å². The van der Waals surface area contributed by atoms with Gasteiger partial charge in [-0.3, -0.25) is 14.6 Å². The summed E-state index contributed by atoms with van der Waals surface area (Å²) in [5.74, 6) is 0. The number of benzene rings is 1. The van der Waals surface area contributed by atoms with E-state index in [1.54, 1.807) is 16.8 Å². The summed E-state index contributed by atoms with van der Waals surface area (Å²) in [7, 11) is 1.82. The number of rotatable bonds is 2. The molecule has 0 amide bonds. The summed E-state index contributed by atoms with van der Waals surface area (Å²) in [6.07, 6.45) is 1.81. The van der Waals surface area contributed by atoms with Gasteiger partial charge < -0.3 is 4.98 Å². The second kappa shape index (κ2) is 5.71. The molecule has 0 saturated heterocycles. The number of hydrogen-bond donors (Lipinski definition) is 2. The smallest absolute Gasteiger partial charge is 0.249 e. The first-order chi connectivity index (χ1) is 13.1. The Bertz CT molecular complexity index is 1380. The Kier molecular flexibility index (Phi) is 3.31. The molecule has 9 nitrogen and oxygen atoms in total.